The number of hydrogen-bond donors (Lipinski definition) is 1. The van der Waals surface area contributed by atoms with Crippen LogP contribution in [0.4, 0.5) is 0 Å². The van der Waals surface area contributed by atoms with E-state index in [1.165, 1.54) is 19.3 Å². The summed E-state index contributed by atoms with van der Waals surface area (Å²) in [5.41, 5.74) is 0.831. The minimum absolute atomic E-state index is 0.271. The molecule has 1 aliphatic carbocycles. The molecule has 1 fully saturated rings. The maximum absolute atomic E-state index is 12.3. The van der Waals surface area contributed by atoms with Crippen molar-refractivity contribution in [1.82, 2.24) is 4.72 Å². The summed E-state index contributed by atoms with van der Waals surface area (Å²) in [7, 11) is -3.45. The number of rotatable bonds is 5. The third-order valence-electron chi connectivity index (χ3n) is 4.34. The van der Waals surface area contributed by atoms with E-state index in [1.807, 2.05) is 0 Å². The fraction of sp³-hybridized carbons (Fsp3) is 0.562. The minimum atomic E-state index is -3.45. The van der Waals surface area contributed by atoms with Gasteiger partial charge in [0.25, 0.3) is 0 Å². The number of benzene rings is 1. The van der Waals surface area contributed by atoms with Gasteiger partial charge in [0.1, 0.15) is 0 Å². The van der Waals surface area contributed by atoms with Crippen molar-refractivity contribution in [1.29, 1.82) is 5.26 Å². The molecule has 0 saturated heterocycles. The van der Waals surface area contributed by atoms with Gasteiger partial charge in [-0.15, -0.1) is 0 Å². The van der Waals surface area contributed by atoms with Gasteiger partial charge in [0.2, 0.25) is 10.0 Å². The number of nitriles is 1. The van der Waals surface area contributed by atoms with E-state index in [1.54, 1.807) is 24.3 Å². The van der Waals surface area contributed by atoms with Gasteiger partial charge in [-0.25, -0.2) is 13.1 Å². The first-order chi connectivity index (χ1) is 10.0. The lowest BCUT2D eigenvalue weighted by molar-refractivity contribution is 0.257. The van der Waals surface area contributed by atoms with Crippen LogP contribution in [0, 0.1) is 23.2 Å². The first-order valence-electron chi connectivity index (χ1n) is 7.48. The fourth-order valence-electron chi connectivity index (χ4n) is 2.87. The van der Waals surface area contributed by atoms with E-state index in [9.17, 15) is 8.42 Å². The van der Waals surface area contributed by atoms with E-state index >= 15 is 0 Å². The van der Waals surface area contributed by atoms with Gasteiger partial charge in [-0.1, -0.05) is 38.3 Å². The van der Waals surface area contributed by atoms with Gasteiger partial charge in [-0.05, 0) is 36.0 Å². The lowest BCUT2D eigenvalue weighted by atomic mass is 9.81. The zero-order valence-electron chi connectivity index (χ0n) is 12.4. The molecule has 114 valence electrons. The highest BCUT2D eigenvalue weighted by Gasteiger charge is 2.23. The van der Waals surface area contributed by atoms with Gasteiger partial charge in [0.15, 0.2) is 0 Å². The van der Waals surface area contributed by atoms with Crippen molar-refractivity contribution in [2.75, 3.05) is 6.54 Å². The molecule has 1 aromatic carbocycles. The quantitative estimate of drug-likeness (QED) is 0.909. The molecule has 4 nitrogen and oxygen atoms in total. The Morgan fingerprint density at radius 2 is 1.90 bits per heavy atom. The Bertz CT molecular complexity index is 602. The number of nitrogens with one attached hydrogen (secondary N) is 1. The summed E-state index contributed by atoms with van der Waals surface area (Å²) < 4.78 is 27.3. The fourth-order valence-corrected chi connectivity index (χ4v) is 3.97. The summed E-state index contributed by atoms with van der Waals surface area (Å²) in [4.78, 5) is 0.271. The molecule has 2 unspecified atom stereocenters. The lowest BCUT2D eigenvalue weighted by Gasteiger charge is -2.28. The molecule has 0 spiro atoms. The third-order valence-corrected chi connectivity index (χ3v) is 5.78. The minimum Gasteiger partial charge on any atom is -0.211 e. The molecule has 1 aliphatic rings. The molecule has 1 aromatic rings. The van der Waals surface area contributed by atoms with Crippen molar-refractivity contribution < 1.29 is 8.42 Å². The van der Waals surface area contributed by atoms with Crippen molar-refractivity contribution in [3.63, 3.8) is 0 Å². The SMILES string of the molecule is CC1CCCCC1CNS(=O)(=O)c1ccc(CC#N)cc1. The van der Waals surface area contributed by atoms with E-state index < -0.39 is 10.0 Å². The van der Waals surface area contributed by atoms with E-state index in [-0.39, 0.29) is 4.90 Å². The first-order valence-corrected chi connectivity index (χ1v) is 8.97. The highest BCUT2D eigenvalue weighted by atomic mass is 32.2. The summed E-state index contributed by atoms with van der Waals surface area (Å²) in [5, 5.41) is 8.62. The van der Waals surface area contributed by atoms with Crippen molar-refractivity contribution in [3.05, 3.63) is 29.8 Å². The largest absolute Gasteiger partial charge is 0.240 e. The predicted molar refractivity (Wildman–Crippen MR) is 82.1 cm³/mol. The molecule has 2 rings (SSSR count). The first kappa shape index (κ1) is 16.0. The van der Waals surface area contributed by atoms with Crippen LogP contribution in [0.15, 0.2) is 29.2 Å². The van der Waals surface area contributed by atoms with Crippen molar-refractivity contribution in [3.8, 4) is 6.07 Å². The molecule has 1 saturated carbocycles. The summed E-state index contributed by atoms with van der Waals surface area (Å²) in [6.07, 6.45) is 5.04. The monoisotopic (exact) mass is 306 g/mol. The van der Waals surface area contributed by atoms with Gasteiger partial charge in [-0.2, -0.15) is 5.26 Å². The Hall–Kier alpha value is -1.38. The Labute approximate surface area is 127 Å². The van der Waals surface area contributed by atoms with Crippen LogP contribution in [0.25, 0.3) is 0 Å². The van der Waals surface area contributed by atoms with Gasteiger partial charge >= 0.3 is 0 Å². The smallest absolute Gasteiger partial charge is 0.211 e. The summed E-state index contributed by atoms with van der Waals surface area (Å²) in [6, 6.07) is 8.58. The number of hydrogen-bond acceptors (Lipinski definition) is 3. The van der Waals surface area contributed by atoms with Crippen molar-refractivity contribution in [2.24, 2.45) is 11.8 Å². The van der Waals surface area contributed by atoms with Crippen LogP contribution in [0.2, 0.25) is 0 Å². The summed E-state index contributed by atoms with van der Waals surface area (Å²) in [5.74, 6) is 1.02. The van der Waals surface area contributed by atoms with E-state index in [0.29, 0.717) is 24.8 Å². The summed E-state index contributed by atoms with van der Waals surface area (Å²) >= 11 is 0. The zero-order chi connectivity index (χ0) is 15.3. The molecule has 0 amide bonds. The molecule has 0 bridgehead atoms. The Balaban J connectivity index is 1.99. The molecule has 21 heavy (non-hydrogen) atoms. The average Bonchev–Trinajstić information content (AvgIpc) is 2.47. The third kappa shape index (κ3) is 4.29. The Morgan fingerprint density at radius 3 is 2.52 bits per heavy atom. The van der Waals surface area contributed by atoms with E-state index in [4.69, 9.17) is 5.26 Å². The maximum atomic E-state index is 12.3. The van der Waals surface area contributed by atoms with Crippen LogP contribution >= 0.6 is 0 Å². The van der Waals surface area contributed by atoms with E-state index in [0.717, 1.165) is 12.0 Å². The van der Waals surface area contributed by atoms with Crippen LogP contribution in [0.5, 0.6) is 0 Å². The molecule has 0 aromatic heterocycles. The second kappa shape index (κ2) is 7.06. The Morgan fingerprint density at radius 1 is 1.24 bits per heavy atom. The maximum Gasteiger partial charge on any atom is 0.240 e. The zero-order valence-corrected chi connectivity index (χ0v) is 13.2. The second-order valence-corrected chi connectivity index (χ2v) is 7.62. The molecule has 1 N–H and O–H groups in total. The highest BCUT2D eigenvalue weighted by molar-refractivity contribution is 7.89. The second-order valence-electron chi connectivity index (χ2n) is 5.85. The van der Waals surface area contributed by atoms with Gasteiger partial charge in [0, 0.05) is 6.54 Å². The van der Waals surface area contributed by atoms with Crippen molar-refractivity contribution in [2.45, 2.75) is 43.9 Å². The lowest BCUT2D eigenvalue weighted by Crippen LogP contribution is -2.33. The standard InChI is InChI=1S/C16H22N2O2S/c1-13-4-2-3-5-15(13)12-18-21(19,20)16-8-6-14(7-9-16)10-11-17/h6-9,13,15,18H,2-5,10,12H2,1H3. The van der Waals surface area contributed by atoms with Gasteiger partial charge in [0.05, 0.1) is 17.4 Å². The highest BCUT2D eigenvalue weighted by Crippen LogP contribution is 2.29. The Kier molecular flexibility index (Phi) is 5.38. The predicted octanol–water partition coefficient (Wildman–Crippen LogP) is 2.86. The van der Waals surface area contributed by atoms with Crippen molar-refractivity contribution >= 4 is 10.0 Å². The molecule has 5 heteroatoms. The molecule has 2 atom stereocenters. The van der Waals surface area contributed by atoms with E-state index in [2.05, 4.69) is 17.7 Å². The number of sulfonamides is 1. The van der Waals surface area contributed by atoms with Crippen LogP contribution in [-0.2, 0) is 16.4 Å². The number of nitrogens with zero attached hydrogens (tertiary/aromatic N) is 1. The molecule has 0 radical (unpaired) electrons. The van der Waals surface area contributed by atoms with Gasteiger partial charge < -0.3 is 0 Å². The molecular weight excluding hydrogens is 284 g/mol. The molecule has 0 aliphatic heterocycles. The normalized spacial score (nSPS) is 22.7. The van der Waals surface area contributed by atoms with Crippen LogP contribution < -0.4 is 4.72 Å². The average molecular weight is 306 g/mol. The van der Waals surface area contributed by atoms with Crippen LogP contribution in [-0.4, -0.2) is 15.0 Å². The molecular formula is C16H22N2O2S. The molecule has 0 heterocycles. The van der Waals surface area contributed by atoms with Gasteiger partial charge in [-0.3, -0.25) is 0 Å². The summed E-state index contributed by atoms with van der Waals surface area (Å²) in [6.45, 7) is 2.72. The van der Waals surface area contributed by atoms with Crippen LogP contribution in [0.1, 0.15) is 38.2 Å². The van der Waals surface area contributed by atoms with Crippen LogP contribution in [0.3, 0.4) is 0 Å². The topological polar surface area (TPSA) is 70.0 Å².